The maximum absolute atomic E-state index is 5.84. The van der Waals surface area contributed by atoms with E-state index in [2.05, 4.69) is 56.4 Å². The number of rotatable bonds is 4. The Hall–Kier alpha value is -1.00. The van der Waals surface area contributed by atoms with Crippen molar-refractivity contribution in [2.24, 2.45) is 0 Å². The second-order valence-corrected chi connectivity index (χ2v) is 7.98. The first-order valence-electron chi connectivity index (χ1n) is 8.41. The van der Waals surface area contributed by atoms with Crippen LogP contribution in [0, 0.1) is 0 Å². The molecule has 4 heteroatoms. The molecule has 0 saturated carbocycles. The molecule has 1 saturated heterocycles. The van der Waals surface area contributed by atoms with Gasteiger partial charge in [0, 0.05) is 42.6 Å². The van der Waals surface area contributed by atoms with Crippen molar-refractivity contribution in [2.75, 3.05) is 13.2 Å². The van der Waals surface area contributed by atoms with E-state index in [-0.39, 0.29) is 11.0 Å². The summed E-state index contributed by atoms with van der Waals surface area (Å²) in [6, 6.07) is 0.580. The Kier molecular flexibility index (Phi) is 5.23. The summed E-state index contributed by atoms with van der Waals surface area (Å²) < 4.78 is 5.84. The molecule has 4 nitrogen and oxygen atoms in total. The topological polar surface area (TPSA) is 38.2 Å². The lowest BCUT2D eigenvalue weighted by atomic mass is 9.92. The summed E-state index contributed by atoms with van der Waals surface area (Å²) in [5.74, 6) is 0.909. The third kappa shape index (κ3) is 4.50. The standard InChI is InChI=1S/C18H31N3O/c1-7-21(15-8-9-22-18(5,6)10-15)13-14-11-19-16(20-12-14)17(2,3)4/h11-12,15H,7-10,13H2,1-6H3. The zero-order valence-corrected chi connectivity index (χ0v) is 15.0. The molecule has 0 spiro atoms. The number of hydrogen-bond acceptors (Lipinski definition) is 4. The minimum atomic E-state index is -0.0110. The van der Waals surface area contributed by atoms with Gasteiger partial charge in [0.15, 0.2) is 0 Å². The molecular formula is C18H31N3O. The Balaban J connectivity index is 2.04. The molecule has 0 amide bonds. The molecule has 2 rings (SSSR count). The van der Waals surface area contributed by atoms with Crippen LogP contribution in [0.4, 0.5) is 0 Å². The van der Waals surface area contributed by atoms with Crippen LogP contribution in [0.15, 0.2) is 12.4 Å². The summed E-state index contributed by atoms with van der Waals surface area (Å²) in [4.78, 5) is 11.6. The molecule has 0 radical (unpaired) electrons. The van der Waals surface area contributed by atoms with Crippen LogP contribution in [0.2, 0.25) is 0 Å². The molecule has 124 valence electrons. The summed E-state index contributed by atoms with van der Waals surface area (Å²) in [5, 5.41) is 0. The Morgan fingerprint density at radius 3 is 2.41 bits per heavy atom. The van der Waals surface area contributed by atoms with Crippen LogP contribution in [-0.2, 0) is 16.7 Å². The van der Waals surface area contributed by atoms with Crippen molar-refractivity contribution < 1.29 is 4.74 Å². The molecule has 0 bridgehead atoms. The highest BCUT2D eigenvalue weighted by molar-refractivity contribution is 5.09. The molecule has 1 fully saturated rings. The minimum Gasteiger partial charge on any atom is -0.375 e. The highest BCUT2D eigenvalue weighted by Crippen LogP contribution is 2.28. The summed E-state index contributed by atoms with van der Waals surface area (Å²) in [5.41, 5.74) is 1.19. The SMILES string of the molecule is CCN(Cc1cnc(C(C)(C)C)nc1)C1CCOC(C)(C)C1. The van der Waals surface area contributed by atoms with E-state index in [0.717, 1.165) is 38.4 Å². The average Bonchev–Trinajstić information content (AvgIpc) is 2.43. The third-order valence-electron chi connectivity index (χ3n) is 4.36. The number of hydrogen-bond donors (Lipinski definition) is 0. The molecule has 1 unspecified atom stereocenters. The van der Waals surface area contributed by atoms with Gasteiger partial charge in [-0.15, -0.1) is 0 Å². The van der Waals surface area contributed by atoms with Crippen LogP contribution < -0.4 is 0 Å². The molecule has 1 aliphatic rings. The van der Waals surface area contributed by atoms with Crippen molar-refractivity contribution in [1.82, 2.24) is 14.9 Å². The molecular weight excluding hydrogens is 274 g/mol. The molecule has 0 aromatic carbocycles. The largest absolute Gasteiger partial charge is 0.375 e. The molecule has 0 aliphatic carbocycles. The summed E-state index contributed by atoms with van der Waals surface area (Å²) in [7, 11) is 0. The van der Waals surface area contributed by atoms with E-state index in [4.69, 9.17) is 4.74 Å². The smallest absolute Gasteiger partial charge is 0.133 e. The van der Waals surface area contributed by atoms with Crippen LogP contribution in [-0.4, -0.2) is 39.7 Å². The fraction of sp³-hybridized carbons (Fsp3) is 0.778. The van der Waals surface area contributed by atoms with Gasteiger partial charge < -0.3 is 4.74 Å². The van der Waals surface area contributed by atoms with Gasteiger partial charge in [0.1, 0.15) is 5.82 Å². The predicted molar refractivity (Wildman–Crippen MR) is 89.9 cm³/mol. The lowest BCUT2D eigenvalue weighted by Gasteiger charge is -2.41. The quantitative estimate of drug-likeness (QED) is 0.852. The Bertz CT molecular complexity index is 476. The minimum absolute atomic E-state index is 0.00765. The molecule has 0 N–H and O–H groups in total. The van der Waals surface area contributed by atoms with Crippen molar-refractivity contribution in [2.45, 2.75) is 78.0 Å². The van der Waals surface area contributed by atoms with Gasteiger partial charge >= 0.3 is 0 Å². The van der Waals surface area contributed by atoms with Gasteiger partial charge in [-0.1, -0.05) is 27.7 Å². The first-order valence-corrected chi connectivity index (χ1v) is 8.41. The lowest BCUT2D eigenvalue weighted by Crippen LogP contribution is -2.45. The van der Waals surface area contributed by atoms with E-state index in [1.807, 2.05) is 12.4 Å². The maximum Gasteiger partial charge on any atom is 0.133 e. The second kappa shape index (κ2) is 6.63. The van der Waals surface area contributed by atoms with E-state index < -0.39 is 0 Å². The summed E-state index contributed by atoms with van der Waals surface area (Å²) >= 11 is 0. The lowest BCUT2D eigenvalue weighted by molar-refractivity contribution is -0.0838. The first-order chi connectivity index (χ1) is 10.2. The molecule has 1 atom stereocenters. The number of nitrogens with zero attached hydrogens (tertiary/aromatic N) is 3. The second-order valence-electron chi connectivity index (χ2n) is 7.98. The van der Waals surface area contributed by atoms with Crippen LogP contribution in [0.25, 0.3) is 0 Å². The highest BCUT2D eigenvalue weighted by atomic mass is 16.5. The fourth-order valence-electron chi connectivity index (χ4n) is 3.07. The number of ether oxygens (including phenoxy) is 1. The average molecular weight is 305 g/mol. The van der Waals surface area contributed by atoms with Crippen molar-refractivity contribution in [3.8, 4) is 0 Å². The Morgan fingerprint density at radius 1 is 1.27 bits per heavy atom. The van der Waals surface area contributed by atoms with Crippen LogP contribution >= 0.6 is 0 Å². The fourth-order valence-corrected chi connectivity index (χ4v) is 3.07. The normalized spacial score (nSPS) is 22.0. The van der Waals surface area contributed by atoms with Crippen LogP contribution in [0.3, 0.4) is 0 Å². The van der Waals surface area contributed by atoms with Gasteiger partial charge in [-0.05, 0) is 33.2 Å². The van der Waals surface area contributed by atoms with E-state index in [1.165, 1.54) is 5.56 Å². The third-order valence-corrected chi connectivity index (χ3v) is 4.36. The first kappa shape index (κ1) is 17.4. The van der Waals surface area contributed by atoms with E-state index in [9.17, 15) is 0 Å². The van der Waals surface area contributed by atoms with Gasteiger partial charge in [0.2, 0.25) is 0 Å². The van der Waals surface area contributed by atoms with Crippen molar-refractivity contribution in [1.29, 1.82) is 0 Å². The predicted octanol–water partition coefficient (Wildman–Crippen LogP) is 3.55. The molecule has 22 heavy (non-hydrogen) atoms. The summed E-state index contributed by atoms with van der Waals surface area (Å²) in [6.07, 6.45) is 6.17. The van der Waals surface area contributed by atoms with Crippen molar-refractivity contribution in [3.63, 3.8) is 0 Å². The van der Waals surface area contributed by atoms with Crippen molar-refractivity contribution >= 4 is 0 Å². The number of aromatic nitrogens is 2. The van der Waals surface area contributed by atoms with E-state index in [1.54, 1.807) is 0 Å². The van der Waals surface area contributed by atoms with Gasteiger partial charge in [-0.2, -0.15) is 0 Å². The molecule has 1 aliphatic heterocycles. The van der Waals surface area contributed by atoms with Crippen molar-refractivity contribution in [3.05, 3.63) is 23.8 Å². The maximum atomic E-state index is 5.84. The highest BCUT2D eigenvalue weighted by Gasteiger charge is 2.31. The van der Waals surface area contributed by atoms with E-state index in [0.29, 0.717) is 6.04 Å². The Morgan fingerprint density at radius 2 is 1.91 bits per heavy atom. The van der Waals surface area contributed by atoms with Crippen LogP contribution in [0.5, 0.6) is 0 Å². The van der Waals surface area contributed by atoms with Crippen LogP contribution in [0.1, 0.15) is 65.8 Å². The monoisotopic (exact) mass is 305 g/mol. The Labute approximate surface area is 135 Å². The molecule has 1 aromatic rings. The van der Waals surface area contributed by atoms with Gasteiger partial charge in [-0.3, -0.25) is 4.90 Å². The molecule has 2 heterocycles. The summed E-state index contributed by atoms with van der Waals surface area (Å²) in [6.45, 7) is 15.9. The van der Waals surface area contributed by atoms with E-state index >= 15 is 0 Å². The zero-order chi connectivity index (χ0) is 16.4. The van der Waals surface area contributed by atoms with Gasteiger partial charge in [-0.25, -0.2) is 9.97 Å². The zero-order valence-electron chi connectivity index (χ0n) is 15.0. The molecule has 1 aromatic heterocycles. The van der Waals surface area contributed by atoms with Gasteiger partial charge in [0.25, 0.3) is 0 Å². The van der Waals surface area contributed by atoms with Gasteiger partial charge in [0.05, 0.1) is 5.60 Å².